The summed E-state index contributed by atoms with van der Waals surface area (Å²) < 4.78 is 45.4. The highest BCUT2D eigenvalue weighted by atomic mass is 32.1. The minimum Gasteiger partial charge on any atom is -0.418 e. The monoisotopic (exact) mass is 425 g/mol. The molecule has 0 radical (unpaired) electrons. The molecule has 4 rings (SSSR count). The molecule has 0 aliphatic carbocycles. The summed E-state index contributed by atoms with van der Waals surface area (Å²) >= 11 is 1.53. The van der Waals surface area contributed by atoms with Crippen molar-refractivity contribution in [2.45, 2.75) is 45.5 Å². The van der Waals surface area contributed by atoms with Gasteiger partial charge in [0, 0.05) is 17.1 Å². The molecule has 3 aromatic heterocycles. The van der Waals surface area contributed by atoms with E-state index in [-0.39, 0.29) is 24.2 Å². The lowest BCUT2D eigenvalue weighted by Gasteiger charge is -2.22. The zero-order valence-corrected chi connectivity index (χ0v) is 16.5. The highest BCUT2D eigenvalue weighted by Gasteiger charge is 2.36. The number of amides is 1. The maximum Gasteiger partial charge on any atom is 0.435 e. The number of aromatic nitrogens is 4. The van der Waals surface area contributed by atoms with Gasteiger partial charge >= 0.3 is 6.18 Å². The molecule has 1 saturated heterocycles. The minimum absolute atomic E-state index is 0.273. The van der Waals surface area contributed by atoms with Gasteiger partial charge in [-0.2, -0.15) is 18.3 Å². The molecule has 0 aromatic carbocycles. The van der Waals surface area contributed by atoms with Crippen LogP contribution in [-0.4, -0.2) is 37.3 Å². The molecule has 1 fully saturated rings. The molecule has 7 nitrogen and oxygen atoms in total. The van der Waals surface area contributed by atoms with Gasteiger partial charge in [0.25, 0.3) is 5.89 Å². The number of alkyl halides is 3. The third-order valence-electron chi connectivity index (χ3n) is 4.81. The van der Waals surface area contributed by atoms with E-state index in [2.05, 4.69) is 15.3 Å². The number of nitrogens with zero attached hydrogens (tertiary/aromatic N) is 5. The van der Waals surface area contributed by atoms with Gasteiger partial charge in [-0.05, 0) is 44.9 Å². The fourth-order valence-corrected chi connectivity index (χ4v) is 4.16. The largest absolute Gasteiger partial charge is 0.435 e. The number of likely N-dealkylation sites (tertiary alicyclic amines) is 1. The number of carbonyl (C=O) groups excluding carboxylic acids is 1. The van der Waals surface area contributed by atoms with Gasteiger partial charge in [0.15, 0.2) is 5.69 Å². The Labute approximate surface area is 168 Å². The molecule has 1 unspecified atom stereocenters. The molecule has 1 amide bonds. The van der Waals surface area contributed by atoms with Crippen molar-refractivity contribution in [3.05, 3.63) is 40.4 Å². The molecule has 1 aliphatic rings. The quantitative estimate of drug-likeness (QED) is 0.632. The zero-order valence-electron chi connectivity index (χ0n) is 15.7. The van der Waals surface area contributed by atoms with Crippen LogP contribution in [0.15, 0.2) is 22.6 Å². The molecule has 11 heteroatoms. The topological polar surface area (TPSA) is 77.1 Å². The normalized spacial score (nSPS) is 17.3. The third-order valence-corrected chi connectivity index (χ3v) is 5.80. The number of aryl methyl sites for hydroxylation is 2. The van der Waals surface area contributed by atoms with E-state index in [1.165, 1.54) is 18.3 Å². The molecule has 4 heterocycles. The van der Waals surface area contributed by atoms with Crippen molar-refractivity contribution in [1.29, 1.82) is 0 Å². The first-order chi connectivity index (χ1) is 13.7. The molecule has 1 atom stereocenters. The first-order valence-electron chi connectivity index (χ1n) is 9.03. The smallest absolute Gasteiger partial charge is 0.418 e. The molecule has 0 N–H and O–H groups in total. The molecule has 3 aromatic rings. The number of carbonyl (C=O) groups is 1. The summed E-state index contributed by atoms with van der Waals surface area (Å²) in [6.45, 7) is 3.67. The standard InChI is InChI=1S/C18H18F3N5O2S/c1-10-8-14(18(19,20)21)24-26(10)9-15(27)25-7-3-4-12(25)16-22-23-17(28-16)13-6-5-11(2)29-13/h5-6,8,12H,3-4,7,9H2,1-2H3. The Bertz CT molecular complexity index is 1040. The Morgan fingerprint density at radius 2 is 2.10 bits per heavy atom. The van der Waals surface area contributed by atoms with Gasteiger partial charge in [0.2, 0.25) is 11.8 Å². The van der Waals surface area contributed by atoms with Gasteiger partial charge < -0.3 is 9.32 Å². The van der Waals surface area contributed by atoms with Gasteiger partial charge in [0.1, 0.15) is 12.6 Å². The molecule has 29 heavy (non-hydrogen) atoms. The Kier molecular flexibility index (Phi) is 4.93. The van der Waals surface area contributed by atoms with Crippen LogP contribution < -0.4 is 0 Å². The van der Waals surface area contributed by atoms with E-state index in [1.807, 2.05) is 19.1 Å². The lowest BCUT2D eigenvalue weighted by atomic mass is 10.2. The van der Waals surface area contributed by atoms with Gasteiger partial charge in [-0.1, -0.05) is 0 Å². The van der Waals surface area contributed by atoms with Crippen LogP contribution in [0.3, 0.4) is 0 Å². The molecular formula is C18H18F3N5O2S. The third kappa shape index (κ3) is 3.91. The summed E-state index contributed by atoms with van der Waals surface area (Å²) in [5.74, 6) is 0.402. The van der Waals surface area contributed by atoms with Crippen molar-refractivity contribution in [2.24, 2.45) is 0 Å². The Hall–Kier alpha value is -2.69. The van der Waals surface area contributed by atoms with Gasteiger partial charge in [-0.3, -0.25) is 9.48 Å². The lowest BCUT2D eigenvalue weighted by Crippen LogP contribution is -2.34. The number of hydrogen-bond donors (Lipinski definition) is 0. The second-order valence-electron chi connectivity index (χ2n) is 6.93. The summed E-state index contributed by atoms with van der Waals surface area (Å²) in [6, 6.07) is 4.40. The van der Waals surface area contributed by atoms with Crippen LogP contribution in [0, 0.1) is 13.8 Å². The van der Waals surface area contributed by atoms with Crippen molar-refractivity contribution in [1.82, 2.24) is 24.9 Å². The average Bonchev–Trinajstić information content (AvgIpc) is 3.39. The molecule has 0 saturated carbocycles. The van der Waals surface area contributed by atoms with Crippen LogP contribution in [0.25, 0.3) is 10.8 Å². The highest BCUT2D eigenvalue weighted by Crippen LogP contribution is 2.34. The molecule has 0 spiro atoms. The summed E-state index contributed by atoms with van der Waals surface area (Å²) in [5, 5.41) is 11.7. The molecular weight excluding hydrogens is 407 g/mol. The molecule has 1 aliphatic heterocycles. The van der Waals surface area contributed by atoms with Crippen LogP contribution in [-0.2, 0) is 17.5 Å². The van der Waals surface area contributed by atoms with E-state index in [9.17, 15) is 18.0 Å². The van der Waals surface area contributed by atoms with Crippen LogP contribution >= 0.6 is 11.3 Å². The SMILES string of the molecule is Cc1ccc(-c2nnc(C3CCCN3C(=O)Cn3nc(C(F)(F)F)cc3C)o2)s1. The van der Waals surface area contributed by atoms with Crippen molar-refractivity contribution >= 4 is 17.2 Å². The fraction of sp³-hybridized carbons (Fsp3) is 0.444. The fourth-order valence-electron chi connectivity index (χ4n) is 3.37. The maximum absolute atomic E-state index is 12.8. The predicted octanol–water partition coefficient (Wildman–Crippen LogP) is 3.99. The summed E-state index contributed by atoms with van der Waals surface area (Å²) in [7, 11) is 0. The van der Waals surface area contributed by atoms with Crippen molar-refractivity contribution in [2.75, 3.05) is 6.54 Å². The lowest BCUT2D eigenvalue weighted by molar-refractivity contribution is -0.142. The number of hydrogen-bond acceptors (Lipinski definition) is 6. The van der Waals surface area contributed by atoms with Crippen molar-refractivity contribution < 1.29 is 22.4 Å². The van der Waals surface area contributed by atoms with Gasteiger partial charge in [0.05, 0.1) is 4.88 Å². The van der Waals surface area contributed by atoms with Gasteiger partial charge in [-0.25, -0.2) is 0 Å². The number of thiophene rings is 1. The first-order valence-corrected chi connectivity index (χ1v) is 9.85. The van der Waals surface area contributed by atoms with E-state index >= 15 is 0 Å². The van der Waals surface area contributed by atoms with E-state index < -0.39 is 11.9 Å². The highest BCUT2D eigenvalue weighted by molar-refractivity contribution is 7.15. The zero-order chi connectivity index (χ0) is 20.8. The number of halogens is 3. The Balaban J connectivity index is 1.51. The first kappa shape index (κ1) is 19.6. The van der Waals surface area contributed by atoms with Crippen LogP contribution in [0.5, 0.6) is 0 Å². The maximum atomic E-state index is 12.8. The summed E-state index contributed by atoms with van der Waals surface area (Å²) in [6.07, 6.45) is -3.14. The van der Waals surface area contributed by atoms with Gasteiger partial charge in [-0.15, -0.1) is 21.5 Å². The van der Waals surface area contributed by atoms with Crippen LogP contribution in [0.1, 0.15) is 41.0 Å². The minimum atomic E-state index is -4.55. The second-order valence-corrected chi connectivity index (χ2v) is 8.22. The number of rotatable bonds is 4. The van der Waals surface area contributed by atoms with E-state index in [0.29, 0.717) is 24.7 Å². The van der Waals surface area contributed by atoms with E-state index in [4.69, 9.17) is 4.42 Å². The second kappa shape index (κ2) is 7.29. The van der Waals surface area contributed by atoms with E-state index in [1.54, 1.807) is 4.90 Å². The molecule has 0 bridgehead atoms. The Morgan fingerprint density at radius 3 is 2.76 bits per heavy atom. The summed E-state index contributed by atoms with van der Waals surface area (Å²) in [5.41, 5.74) is -0.733. The van der Waals surface area contributed by atoms with Crippen molar-refractivity contribution in [3.8, 4) is 10.8 Å². The summed E-state index contributed by atoms with van der Waals surface area (Å²) in [4.78, 5) is 16.3. The van der Waals surface area contributed by atoms with E-state index in [0.717, 1.165) is 26.9 Å². The van der Waals surface area contributed by atoms with Crippen LogP contribution in [0.4, 0.5) is 13.2 Å². The average molecular weight is 425 g/mol. The van der Waals surface area contributed by atoms with Crippen LogP contribution in [0.2, 0.25) is 0 Å². The predicted molar refractivity (Wildman–Crippen MR) is 98.0 cm³/mol. The Morgan fingerprint density at radius 1 is 1.31 bits per heavy atom. The molecule has 154 valence electrons. The van der Waals surface area contributed by atoms with Crippen molar-refractivity contribution in [3.63, 3.8) is 0 Å².